The molecule has 0 aliphatic carbocycles. The van der Waals surface area contributed by atoms with Crippen LogP contribution in [0.2, 0.25) is 0 Å². The molecule has 0 bridgehead atoms. The summed E-state index contributed by atoms with van der Waals surface area (Å²) in [6, 6.07) is 0. The maximum Gasteiger partial charge on any atom is 0.0147 e. The van der Waals surface area contributed by atoms with E-state index < -0.39 is 0 Å². The van der Waals surface area contributed by atoms with Crippen LogP contribution in [0.25, 0.3) is 0 Å². The molecule has 1 N–H and O–H groups in total. The fourth-order valence-electron chi connectivity index (χ4n) is 2.00. The van der Waals surface area contributed by atoms with Gasteiger partial charge in [0.25, 0.3) is 0 Å². The van der Waals surface area contributed by atoms with Crippen LogP contribution in [0.1, 0.15) is 34.1 Å². The molecule has 1 nitrogen and oxygen atoms in total. The van der Waals surface area contributed by atoms with Gasteiger partial charge in [-0.15, -0.1) is 0 Å². The van der Waals surface area contributed by atoms with E-state index in [-0.39, 0.29) is 0 Å². The maximum atomic E-state index is 3.46. The molecule has 0 aromatic heterocycles. The summed E-state index contributed by atoms with van der Waals surface area (Å²) in [5.41, 5.74) is 0.812. The normalized spacial score (nSPS) is 31.5. The van der Waals surface area contributed by atoms with Crippen molar-refractivity contribution in [1.82, 2.24) is 5.32 Å². The van der Waals surface area contributed by atoms with Crippen LogP contribution in [0, 0.1) is 0 Å². The summed E-state index contributed by atoms with van der Waals surface area (Å²) in [7, 11) is 0. The predicted molar refractivity (Wildman–Crippen MR) is 35.9 cm³/mol. The van der Waals surface area contributed by atoms with Gasteiger partial charge in [0, 0.05) is 11.1 Å². The molecule has 0 unspecified atom stereocenters. The molecule has 0 amide bonds. The highest BCUT2D eigenvalue weighted by molar-refractivity contribution is 5.02. The monoisotopic (exact) mass is 113 g/mol. The average molecular weight is 113 g/mol. The lowest BCUT2D eigenvalue weighted by Gasteiger charge is -2.51. The molecule has 1 aliphatic heterocycles. The molecule has 0 aromatic rings. The van der Waals surface area contributed by atoms with E-state index in [9.17, 15) is 0 Å². The molecular formula is C7H15N. The second-order valence-electron chi connectivity index (χ2n) is 4.07. The summed E-state index contributed by atoms with van der Waals surface area (Å²) < 4.78 is 0. The van der Waals surface area contributed by atoms with Crippen molar-refractivity contribution in [2.24, 2.45) is 0 Å². The first-order chi connectivity index (χ1) is 3.41. The molecule has 0 aromatic carbocycles. The van der Waals surface area contributed by atoms with Gasteiger partial charge in [0.05, 0.1) is 0 Å². The zero-order valence-electron chi connectivity index (χ0n) is 6.21. The standard InChI is InChI=1S/C7H15N/c1-6(2)5-7(3,4)8-6/h8H,5H2,1-4H3. The third-order valence-electron chi connectivity index (χ3n) is 1.56. The van der Waals surface area contributed by atoms with Crippen molar-refractivity contribution in [2.75, 3.05) is 0 Å². The first kappa shape index (κ1) is 6.09. The van der Waals surface area contributed by atoms with Crippen molar-refractivity contribution in [1.29, 1.82) is 0 Å². The van der Waals surface area contributed by atoms with Gasteiger partial charge in [-0.3, -0.25) is 0 Å². The highest BCUT2D eigenvalue weighted by atomic mass is 15.1. The molecule has 0 saturated carbocycles. The van der Waals surface area contributed by atoms with Gasteiger partial charge < -0.3 is 5.32 Å². The van der Waals surface area contributed by atoms with Crippen molar-refractivity contribution in [3.8, 4) is 0 Å². The van der Waals surface area contributed by atoms with Crippen LogP contribution in [0.3, 0.4) is 0 Å². The second-order valence-corrected chi connectivity index (χ2v) is 4.07. The molecule has 48 valence electrons. The van der Waals surface area contributed by atoms with E-state index in [0.717, 1.165) is 0 Å². The van der Waals surface area contributed by atoms with E-state index in [1.807, 2.05) is 0 Å². The number of hydrogen-bond donors (Lipinski definition) is 1. The van der Waals surface area contributed by atoms with Crippen LogP contribution < -0.4 is 5.32 Å². The molecule has 0 radical (unpaired) electrons. The summed E-state index contributed by atoms with van der Waals surface area (Å²) in [6.07, 6.45) is 1.29. The first-order valence-electron chi connectivity index (χ1n) is 3.21. The molecule has 1 fully saturated rings. The fourth-order valence-corrected chi connectivity index (χ4v) is 2.00. The summed E-state index contributed by atoms with van der Waals surface area (Å²) in [5, 5.41) is 3.46. The number of nitrogens with one attached hydrogen (secondary N) is 1. The third-order valence-corrected chi connectivity index (χ3v) is 1.56. The number of hydrogen-bond acceptors (Lipinski definition) is 1. The summed E-state index contributed by atoms with van der Waals surface area (Å²) >= 11 is 0. The second kappa shape index (κ2) is 1.27. The van der Waals surface area contributed by atoms with Crippen molar-refractivity contribution in [3.05, 3.63) is 0 Å². The largest absolute Gasteiger partial charge is 0.307 e. The fraction of sp³-hybridized carbons (Fsp3) is 1.00. The van der Waals surface area contributed by atoms with Gasteiger partial charge in [0.15, 0.2) is 0 Å². The minimum atomic E-state index is 0.406. The minimum Gasteiger partial charge on any atom is -0.307 e. The van der Waals surface area contributed by atoms with E-state index in [2.05, 4.69) is 33.0 Å². The molecule has 8 heavy (non-hydrogen) atoms. The van der Waals surface area contributed by atoms with Gasteiger partial charge in [0.1, 0.15) is 0 Å². The van der Waals surface area contributed by atoms with E-state index in [4.69, 9.17) is 0 Å². The quantitative estimate of drug-likeness (QED) is 0.502. The lowest BCUT2D eigenvalue weighted by Crippen LogP contribution is -2.66. The maximum absolute atomic E-state index is 3.46. The lowest BCUT2D eigenvalue weighted by molar-refractivity contribution is 0.103. The van der Waals surface area contributed by atoms with Crippen LogP contribution in [0.15, 0.2) is 0 Å². The Morgan fingerprint density at radius 2 is 1.25 bits per heavy atom. The highest BCUT2D eigenvalue weighted by Gasteiger charge is 2.40. The third kappa shape index (κ3) is 1.03. The van der Waals surface area contributed by atoms with Gasteiger partial charge >= 0.3 is 0 Å². The van der Waals surface area contributed by atoms with Gasteiger partial charge in [-0.2, -0.15) is 0 Å². The average Bonchev–Trinajstić information content (AvgIpc) is 1.20. The highest BCUT2D eigenvalue weighted by Crippen LogP contribution is 2.31. The Kier molecular flexibility index (Phi) is 0.965. The van der Waals surface area contributed by atoms with E-state index in [1.165, 1.54) is 6.42 Å². The van der Waals surface area contributed by atoms with Gasteiger partial charge in [-0.05, 0) is 34.1 Å². The number of rotatable bonds is 0. The molecule has 1 saturated heterocycles. The summed E-state index contributed by atoms with van der Waals surface area (Å²) in [4.78, 5) is 0. The van der Waals surface area contributed by atoms with Crippen molar-refractivity contribution in [2.45, 2.75) is 45.2 Å². The molecule has 1 heterocycles. The lowest BCUT2D eigenvalue weighted by atomic mass is 9.76. The van der Waals surface area contributed by atoms with Gasteiger partial charge in [0.2, 0.25) is 0 Å². The van der Waals surface area contributed by atoms with E-state index >= 15 is 0 Å². The van der Waals surface area contributed by atoms with Crippen LogP contribution in [-0.2, 0) is 0 Å². The van der Waals surface area contributed by atoms with Gasteiger partial charge in [-0.25, -0.2) is 0 Å². The molecule has 0 spiro atoms. The summed E-state index contributed by atoms with van der Waals surface area (Å²) in [6.45, 7) is 8.94. The Labute approximate surface area is 51.5 Å². The van der Waals surface area contributed by atoms with Crippen LogP contribution >= 0.6 is 0 Å². The zero-order chi connectivity index (χ0) is 6.41. The van der Waals surface area contributed by atoms with Crippen LogP contribution in [-0.4, -0.2) is 11.1 Å². The van der Waals surface area contributed by atoms with Crippen molar-refractivity contribution >= 4 is 0 Å². The zero-order valence-corrected chi connectivity index (χ0v) is 6.21. The van der Waals surface area contributed by atoms with E-state index in [0.29, 0.717) is 11.1 Å². The molecule has 1 rings (SSSR count). The van der Waals surface area contributed by atoms with Gasteiger partial charge in [-0.1, -0.05) is 0 Å². The van der Waals surface area contributed by atoms with Crippen molar-refractivity contribution < 1.29 is 0 Å². The SMILES string of the molecule is CC1(C)CC(C)(C)N1. The smallest absolute Gasteiger partial charge is 0.0147 e. The minimum absolute atomic E-state index is 0.406. The summed E-state index contributed by atoms with van der Waals surface area (Å²) in [5.74, 6) is 0. The Hall–Kier alpha value is -0.0400. The topological polar surface area (TPSA) is 12.0 Å². The van der Waals surface area contributed by atoms with Crippen LogP contribution in [0.4, 0.5) is 0 Å². The predicted octanol–water partition coefficient (Wildman–Crippen LogP) is 1.54. The Bertz CT molecular complexity index is 81.0. The Morgan fingerprint density at radius 1 is 1.00 bits per heavy atom. The van der Waals surface area contributed by atoms with Crippen molar-refractivity contribution in [3.63, 3.8) is 0 Å². The Morgan fingerprint density at radius 3 is 1.25 bits per heavy atom. The van der Waals surface area contributed by atoms with Crippen LogP contribution in [0.5, 0.6) is 0 Å². The van der Waals surface area contributed by atoms with E-state index in [1.54, 1.807) is 0 Å². The molecular weight excluding hydrogens is 98.1 g/mol. The first-order valence-corrected chi connectivity index (χ1v) is 3.21. The molecule has 0 atom stereocenters. The molecule has 1 heteroatoms. The Balaban J connectivity index is 2.42. The molecule has 1 aliphatic rings.